The Morgan fingerprint density at radius 3 is 2.65 bits per heavy atom. The van der Waals surface area contributed by atoms with Crippen molar-refractivity contribution in [3.63, 3.8) is 0 Å². The number of rotatable bonds is 6. The summed E-state index contributed by atoms with van der Waals surface area (Å²) in [6, 6.07) is 13.8. The molecule has 0 radical (unpaired) electrons. The average Bonchev–Trinajstić information content (AvgIpc) is 2.42. The number of nitrogen functional groups attached to an aromatic ring is 1. The van der Waals surface area contributed by atoms with Gasteiger partial charge in [0.05, 0.1) is 0 Å². The molecule has 0 aliphatic rings. The summed E-state index contributed by atoms with van der Waals surface area (Å²) in [5.41, 5.74) is 9.05. The highest BCUT2D eigenvalue weighted by atomic mass is 16.5. The van der Waals surface area contributed by atoms with Gasteiger partial charge in [-0.05, 0) is 61.3 Å². The van der Waals surface area contributed by atoms with Crippen LogP contribution >= 0.6 is 0 Å². The van der Waals surface area contributed by atoms with Gasteiger partial charge in [-0.25, -0.2) is 0 Å². The Kier molecular flexibility index (Phi) is 5.02. The minimum Gasteiger partial charge on any atom is -0.457 e. The van der Waals surface area contributed by atoms with Crippen LogP contribution in [0.15, 0.2) is 42.5 Å². The lowest BCUT2D eigenvalue weighted by Gasteiger charge is -2.11. The fraction of sp³-hybridized carbons (Fsp3) is 0.294. The predicted molar refractivity (Wildman–Crippen MR) is 84.1 cm³/mol. The molecule has 3 nitrogen and oxygen atoms in total. The van der Waals surface area contributed by atoms with Crippen molar-refractivity contribution in [1.82, 2.24) is 5.32 Å². The van der Waals surface area contributed by atoms with Crippen LogP contribution in [0.5, 0.6) is 11.5 Å². The van der Waals surface area contributed by atoms with E-state index < -0.39 is 0 Å². The Bertz CT molecular complexity index is 567. The Morgan fingerprint density at radius 1 is 1.10 bits per heavy atom. The number of aryl methyl sites for hydroxylation is 1. The van der Waals surface area contributed by atoms with Gasteiger partial charge in [-0.2, -0.15) is 0 Å². The zero-order chi connectivity index (χ0) is 14.4. The first kappa shape index (κ1) is 14.4. The number of nitrogens with one attached hydrogen (secondary N) is 1. The molecule has 0 spiro atoms. The molecule has 0 saturated carbocycles. The molecule has 0 unspecified atom stereocenters. The molecule has 106 valence electrons. The van der Waals surface area contributed by atoms with E-state index in [1.54, 1.807) is 0 Å². The third kappa shape index (κ3) is 4.00. The van der Waals surface area contributed by atoms with Crippen LogP contribution < -0.4 is 15.8 Å². The zero-order valence-electron chi connectivity index (χ0n) is 12.1. The molecule has 0 aliphatic heterocycles. The first-order valence-electron chi connectivity index (χ1n) is 7.02. The van der Waals surface area contributed by atoms with Crippen LogP contribution in [-0.4, -0.2) is 6.54 Å². The molecule has 0 aliphatic carbocycles. The molecule has 2 rings (SSSR count). The monoisotopic (exact) mass is 270 g/mol. The van der Waals surface area contributed by atoms with Gasteiger partial charge in [0.2, 0.25) is 0 Å². The van der Waals surface area contributed by atoms with E-state index in [4.69, 9.17) is 10.5 Å². The number of anilines is 1. The highest BCUT2D eigenvalue weighted by Gasteiger charge is 2.03. The first-order chi connectivity index (χ1) is 9.69. The summed E-state index contributed by atoms with van der Waals surface area (Å²) in [6.07, 6.45) is 1.11. The largest absolute Gasteiger partial charge is 0.457 e. The van der Waals surface area contributed by atoms with Crippen molar-refractivity contribution in [3.05, 3.63) is 53.6 Å². The molecule has 0 atom stereocenters. The van der Waals surface area contributed by atoms with E-state index in [1.807, 2.05) is 36.4 Å². The molecule has 2 aromatic rings. The smallest absolute Gasteiger partial charge is 0.127 e. The van der Waals surface area contributed by atoms with Crippen LogP contribution in [0.4, 0.5) is 5.69 Å². The lowest BCUT2D eigenvalue weighted by atomic mass is 10.1. The standard InChI is InChI=1S/C17H22N2O/c1-3-9-19-12-14-11-16(7-8-17(14)18)20-15-6-4-5-13(2)10-15/h4-8,10-11,19H,3,9,12,18H2,1-2H3. The molecule has 3 N–H and O–H groups in total. The number of ether oxygens (including phenoxy) is 1. The SMILES string of the molecule is CCCNCc1cc(Oc2cccc(C)c2)ccc1N. The highest BCUT2D eigenvalue weighted by molar-refractivity contribution is 5.51. The van der Waals surface area contributed by atoms with Crippen molar-refractivity contribution < 1.29 is 4.74 Å². The summed E-state index contributed by atoms with van der Waals surface area (Å²) < 4.78 is 5.88. The topological polar surface area (TPSA) is 47.3 Å². The quantitative estimate of drug-likeness (QED) is 0.619. The number of hydrogen-bond acceptors (Lipinski definition) is 3. The number of hydrogen-bond donors (Lipinski definition) is 2. The molecular formula is C17H22N2O. The van der Waals surface area contributed by atoms with Crippen molar-refractivity contribution in [2.24, 2.45) is 0 Å². The van der Waals surface area contributed by atoms with Gasteiger partial charge in [-0.15, -0.1) is 0 Å². The molecule has 0 aromatic heterocycles. The van der Waals surface area contributed by atoms with Gasteiger partial charge in [0.1, 0.15) is 11.5 Å². The third-order valence-electron chi connectivity index (χ3n) is 3.08. The van der Waals surface area contributed by atoms with Crippen molar-refractivity contribution in [3.8, 4) is 11.5 Å². The highest BCUT2D eigenvalue weighted by Crippen LogP contribution is 2.25. The Morgan fingerprint density at radius 2 is 1.90 bits per heavy atom. The van der Waals surface area contributed by atoms with E-state index >= 15 is 0 Å². The van der Waals surface area contributed by atoms with E-state index in [0.717, 1.165) is 42.3 Å². The molecule has 0 amide bonds. The normalized spacial score (nSPS) is 10.5. The van der Waals surface area contributed by atoms with E-state index in [-0.39, 0.29) is 0 Å². The van der Waals surface area contributed by atoms with Crippen molar-refractivity contribution >= 4 is 5.69 Å². The van der Waals surface area contributed by atoms with E-state index in [2.05, 4.69) is 25.2 Å². The van der Waals surface area contributed by atoms with Gasteiger partial charge in [0.25, 0.3) is 0 Å². The van der Waals surface area contributed by atoms with Crippen molar-refractivity contribution in [1.29, 1.82) is 0 Å². The maximum absolute atomic E-state index is 5.99. The first-order valence-corrected chi connectivity index (χ1v) is 7.02. The van der Waals surface area contributed by atoms with Crippen LogP contribution in [0.3, 0.4) is 0 Å². The van der Waals surface area contributed by atoms with Gasteiger partial charge in [-0.1, -0.05) is 19.1 Å². The van der Waals surface area contributed by atoms with Gasteiger partial charge in [-0.3, -0.25) is 0 Å². The minimum absolute atomic E-state index is 0.769. The Hall–Kier alpha value is -2.00. The van der Waals surface area contributed by atoms with Crippen molar-refractivity contribution in [2.75, 3.05) is 12.3 Å². The fourth-order valence-electron chi connectivity index (χ4n) is 2.01. The lowest BCUT2D eigenvalue weighted by molar-refractivity contribution is 0.481. The molecule has 0 saturated heterocycles. The molecule has 0 fully saturated rings. The van der Waals surface area contributed by atoms with E-state index in [1.165, 1.54) is 5.56 Å². The molecule has 0 heterocycles. The van der Waals surface area contributed by atoms with Crippen LogP contribution in [0.2, 0.25) is 0 Å². The Balaban J connectivity index is 2.10. The summed E-state index contributed by atoms with van der Waals surface area (Å²) in [4.78, 5) is 0. The van der Waals surface area contributed by atoms with E-state index in [9.17, 15) is 0 Å². The fourth-order valence-corrected chi connectivity index (χ4v) is 2.01. The lowest BCUT2D eigenvalue weighted by Crippen LogP contribution is -2.14. The zero-order valence-corrected chi connectivity index (χ0v) is 12.1. The predicted octanol–water partition coefficient (Wildman–Crippen LogP) is 3.87. The van der Waals surface area contributed by atoms with Gasteiger partial charge < -0.3 is 15.8 Å². The minimum atomic E-state index is 0.769. The van der Waals surface area contributed by atoms with Crippen LogP contribution in [0.25, 0.3) is 0 Å². The molecule has 2 aromatic carbocycles. The summed E-state index contributed by atoms with van der Waals surface area (Å²) in [6.45, 7) is 5.96. The van der Waals surface area contributed by atoms with Gasteiger partial charge >= 0.3 is 0 Å². The molecule has 0 bridgehead atoms. The number of nitrogens with two attached hydrogens (primary N) is 1. The summed E-state index contributed by atoms with van der Waals surface area (Å²) in [7, 11) is 0. The second kappa shape index (κ2) is 6.96. The third-order valence-corrected chi connectivity index (χ3v) is 3.08. The van der Waals surface area contributed by atoms with Gasteiger partial charge in [0, 0.05) is 12.2 Å². The maximum atomic E-state index is 5.99. The molecular weight excluding hydrogens is 248 g/mol. The Labute approximate surface area is 120 Å². The molecule has 20 heavy (non-hydrogen) atoms. The van der Waals surface area contributed by atoms with Crippen LogP contribution in [-0.2, 0) is 6.54 Å². The van der Waals surface area contributed by atoms with Crippen molar-refractivity contribution in [2.45, 2.75) is 26.8 Å². The summed E-state index contributed by atoms with van der Waals surface area (Å²) in [5.74, 6) is 1.67. The van der Waals surface area contributed by atoms with E-state index in [0.29, 0.717) is 0 Å². The second-order valence-corrected chi connectivity index (χ2v) is 4.96. The maximum Gasteiger partial charge on any atom is 0.127 e. The average molecular weight is 270 g/mol. The van der Waals surface area contributed by atoms with Gasteiger partial charge in [0.15, 0.2) is 0 Å². The summed E-state index contributed by atoms with van der Waals surface area (Å²) in [5, 5.41) is 3.36. The van der Waals surface area contributed by atoms with Crippen LogP contribution in [0, 0.1) is 6.92 Å². The van der Waals surface area contributed by atoms with Crippen LogP contribution in [0.1, 0.15) is 24.5 Å². The second-order valence-electron chi connectivity index (χ2n) is 4.96. The molecule has 3 heteroatoms. The number of benzene rings is 2. The summed E-state index contributed by atoms with van der Waals surface area (Å²) >= 11 is 0.